The number of carbonyl (C=O) groups is 1. The summed E-state index contributed by atoms with van der Waals surface area (Å²) < 4.78 is 36.1. The van der Waals surface area contributed by atoms with Gasteiger partial charge in [-0.2, -0.15) is 4.31 Å². The van der Waals surface area contributed by atoms with Crippen molar-refractivity contribution in [2.45, 2.75) is 23.5 Å². The van der Waals surface area contributed by atoms with E-state index in [1.54, 1.807) is 0 Å². The Bertz CT molecular complexity index is 673. The van der Waals surface area contributed by atoms with Crippen LogP contribution in [-0.2, 0) is 14.8 Å². The van der Waals surface area contributed by atoms with Crippen molar-refractivity contribution in [1.82, 2.24) is 4.31 Å². The Morgan fingerprint density at radius 1 is 1.27 bits per heavy atom. The van der Waals surface area contributed by atoms with E-state index in [4.69, 9.17) is 14.6 Å². The minimum Gasteiger partial charge on any atom is -0.493 e. The molecule has 0 aliphatic carbocycles. The van der Waals surface area contributed by atoms with Gasteiger partial charge in [0, 0.05) is 19.0 Å². The summed E-state index contributed by atoms with van der Waals surface area (Å²) in [5.41, 5.74) is 0. The molecule has 22 heavy (non-hydrogen) atoms. The first-order valence-corrected chi connectivity index (χ1v) is 7.90. The highest BCUT2D eigenvalue weighted by atomic mass is 32.2. The molecule has 0 spiro atoms. The summed E-state index contributed by atoms with van der Waals surface area (Å²) in [5.74, 6) is -0.714. The maximum Gasteiger partial charge on any atom is 0.322 e. The van der Waals surface area contributed by atoms with Crippen LogP contribution in [0.2, 0.25) is 0 Å². The van der Waals surface area contributed by atoms with Gasteiger partial charge in [0.2, 0.25) is 10.0 Å². The molecule has 1 heterocycles. The van der Waals surface area contributed by atoms with E-state index in [2.05, 4.69) is 0 Å². The van der Waals surface area contributed by atoms with E-state index in [1.165, 1.54) is 32.4 Å². The average Bonchev–Trinajstić information content (AvgIpc) is 2.89. The van der Waals surface area contributed by atoms with Gasteiger partial charge in [-0.15, -0.1) is 0 Å². The summed E-state index contributed by atoms with van der Waals surface area (Å²) >= 11 is 0. The largest absolute Gasteiger partial charge is 0.493 e. The average molecular weight is 331 g/mol. The van der Waals surface area contributed by atoms with E-state index in [0.29, 0.717) is 5.75 Å². The van der Waals surface area contributed by atoms with E-state index < -0.39 is 28.1 Å². The first kappa shape index (κ1) is 16.5. The third-order valence-corrected chi connectivity index (χ3v) is 5.35. The molecule has 122 valence electrons. The van der Waals surface area contributed by atoms with E-state index in [-0.39, 0.29) is 23.6 Å². The number of β-amino-alcohol motifs (C(OH)–C–C–N with tert-alkyl or cyclic N) is 1. The topological polar surface area (TPSA) is 113 Å². The first-order valence-electron chi connectivity index (χ1n) is 6.46. The standard InChI is InChI=1S/C13H17NO7S/c1-20-11-4-3-9(6-12(11)21-2)22(18,19)14-7-8(15)5-10(14)13(16)17/h3-4,6,8,10,15H,5,7H2,1-2H3,(H,16,17)/t8-,10-/m0/s1. The molecule has 8 nitrogen and oxygen atoms in total. The second-order valence-electron chi connectivity index (χ2n) is 4.84. The first-order chi connectivity index (χ1) is 10.3. The van der Waals surface area contributed by atoms with Gasteiger partial charge in [-0.05, 0) is 12.1 Å². The van der Waals surface area contributed by atoms with Gasteiger partial charge in [0.1, 0.15) is 6.04 Å². The fraction of sp³-hybridized carbons (Fsp3) is 0.462. The molecule has 1 aromatic carbocycles. The van der Waals surface area contributed by atoms with Gasteiger partial charge in [0.15, 0.2) is 11.5 Å². The molecule has 1 aliphatic rings. The van der Waals surface area contributed by atoms with Crippen molar-refractivity contribution >= 4 is 16.0 Å². The Balaban J connectivity index is 2.44. The molecule has 1 fully saturated rings. The van der Waals surface area contributed by atoms with Gasteiger partial charge in [0.25, 0.3) is 0 Å². The fourth-order valence-electron chi connectivity index (χ4n) is 2.39. The molecule has 0 bridgehead atoms. The lowest BCUT2D eigenvalue weighted by Gasteiger charge is -2.21. The lowest BCUT2D eigenvalue weighted by molar-refractivity contribution is -0.140. The molecule has 1 saturated heterocycles. The SMILES string of the molecule is COc1ccc(S(=O)(=O)N2C[C@@H](O)C[C@H]2C(=O)O)cc1OC. The van der Waals surface area contributed by atoms with E-state index in [1.807, 2.05) is 0 Å². The number of sulfonamides is 1. The predicted molar refractivity (Wildman–Crippen MR) is 75.5 cm³/mol. The number of nitrogens with zero attached hydrogens (tertiary/aromatic N) is 1. The molecule has 2 N–H and O–H groups in total. The Hall–Kier alpha value is -1.84. The maximum absolute atomic E-state index is 12.6. The van der Waals surface area contributed by atoms with Crippen molar-refractivity contribution in [3.63, 3.8) is 0 Å². The van der Waals surface area contributed by atoms with Crippen molar-refractivity contribution < 1.29 is 32.9 Å². The highest BCUT2D eigenvalue weighted by Crippen LogP contribution is 2.33. The van der Waals surface area contributed by atoms with Crippen LogP contribution in [-0.4, -0.2) is 61.8 Å². The number of rotatable bonds is 5. The maximum atomic E-state index is 12.6. The number of aliphatic hydroxyl groups excluding tert-OH is 1. The highest BCUT2D eigenvalue weighted by Gasteiger charge is 2.43. The van der Waals surface area contributed by atoms with Gasteiger partial charge in [-0.25, -0.2) is 8.42 Å². The third-order valence-electron chi connectivity index (χ3n) is 3.48. The minimum absolute atomic E-state index is 0.120. The molecule has 0 unspecified atom stereocenters. The molecule has 9 heteroatoms. The smallest absolute Gasteiger partial charge is 0.322 e. The predicted octanol–water partition coefficient (Wildman–Crippen LogP) is -0.0877. The molecule has 0 aromatic heterocycles. The zero-order valence-corrected chi connectivity index (χ0v) is 12.9. The number of benzene rings is 1. The van der Waals surface area contributed by atoms with Crippen LogP contribution < -0.4 is 9.47 Å². The number of aliphatic hydroxyl groups is 1. The number of carboxylic acids is 1. The van der Waals surface area contributed by atoms with Crippen molar-refractivity contribution in [3.8, 4) is 11.5 Å². The second kappa shape index (κ2) is 6.11. The Labute approximate surface area is 127 Å². The summed E-state index contributed by atoms with van der Waals surface area (Å²) in [6.07, 6.45) is -1.14. The Kier molecular flexibility index (Phi) is 4.59. The lowest BCUT2D eigenvalue weighted by Crippen LogP contribution is -2.40. The van der Waals surface area contributed by atoms with Gasteiger partial charge in [0.05, 0.1) is 25.2 Å². The van der Waals surface area contributed by atoms with Crippen molar-refractivity contribution in [2.75, 3.05) is 20.8 Å². The van der Waals surface area contributed by atoms with Crippen LogP contribution in [0.1, 0.15) is 6.42 Å². The van der Waals surface area contributed by atoms with Gasteiger partial charge < -0.3 is 19.7 Å². The zero-order chi connectivity index (χ0) is 16.5. The molecule has 2 atom stereocenters. The lowest BCUT2D eigenvalue weighted by atomic mass is 10.2. The van der Waals surface area contributed by atoms with Crippen LogP contribution in [0.4, 0.5) is 0 Å². The van der Waals surface area contributed by atoms with Gasteiger partial charge in [-0.3, -0.25) is 4.79 Å². The van der Waals surface area contributed by atoms with Crippen LogP contribution in [0.3, 0.4) is 0 Å². The number of methoxy groups -OCH3 is 2. The number of hydrogen-bond acceptors (Lipinski definition) is 6. The number of carboxylic acid groups (broad SMARTS) is 1. The van der Waals surface area contributed by atoms with Gasteiger partial charge >= 0.3 is 5.97 Å². The summed E-state index contributed by atoms with van der Waals surface area (Å²) in [5, 5.41) is 18.7. The van der Waals surface area contributed by atoms with Crippen LogP contribution in [0.25, 0.3) is 0 Å². The Morgan fingerprint density at radius 2 is 1.91 bits per heavy atom. The Morgan fingerprint density at radius 3 is 2.45 bits per heavy atom. The number of ether oxygens (including phenoxy) is 2. The van der Waals surface area contributed by atoms with Crippen LogP contribution >= 0.6 is 0 Å². The normalized spacial score (nSPS) is 22.5. The number of aliphatic carboxylic acids is 1. The fourth-order valence-corrected chi connectivity index (χ4v) is 4.03. The van der Waals surface area contributed by atoms with Gasteiger partial charge in [-0.1, -0.05) is 0 Å². The van der Waals surface area contributed by atoms with E-state index in [9.17, 15) is 18.3 Å². The summed E-state index contributed by atoms with van der Waals surface area (Å²) in [4.78, 5) is 11.1. The minimum atomic E-state index is -4.07. The second-order valence-corrected chi connectivity index (χ2v) is 6.73. The molecule has 0 radical (unpaired) electrons. The summed E-state index contributed by atoms with van der Waals surface area (Å²) in [7, 11) is -1.28. The molecule has 0 saturated carbocycles. The summed E-state index contributed by atoms with van der Waals surface area (Å²) in [6.45, 7) is -0.256. The molecule has 2 rings (SSSR count). The zero-order valence-electron chi connectivity index (χ0n) is 12.1. The van der Waals surface area contributed by atoms with Crippen molar-refractivity contribution in [1.29, 1.82) is 0 Å². The van der Waals surface area contributed by atoms with Crippen LogP contribution in [0, 0.1) is 0 Å². The number of hydrogen-bond donors (Lipinski definition) is 2. The molecule has 1 aromatic rings. The van der Waals surface area contributed by atoms with E-state index >= 15 is 0 Å². The quantitative estimate of drug-likeness (QED) is 0.775. The van der Waals surface area contributed by atoms with E-state index in [0.717, 1.165) is 4.31 Å². The van der Waals surface area contributed by atoms with Crippen LogP contribution in [0.15, 0.2) is 23.1 Å². The van der Waals surface area contributed by atoms with Crippen LogP contribution in [0.5, 0.6) is 11.5 Å². The molecule has 1 aliphatic heterocycles. The molecule has 0 amide bonds. The third kappa shape index (κ3) is 2.87. The highest BCUT2D eigenvalue weighted by molar-refractivity contribution is 7.89. The summed E-state index contributed by atoms with van der Waals surface area (Å²) in [6, 6.07) is 2.71. The monoisotopic (exact) mass is 331 g/mol. The molecular weight excluding hydrogens is 314 g/mol. The van der Waals surface area contributed by atoms with Crippen molar-refractivity contribution in [3.05, 3.63) is 18.2 Å². The van der Waals surface area contributed by atoms with Crippen molar-refractivity contribution in [2.24, 2.45) is 0 Å². The molecular formula is C13H17NO7S.